The molecule has 0 N–H and O–H groups in total. The number of hydrogen-bond acceptors (Lipinski definition) is 3. The molecular weight excluding hydrogens is 400 g/mol. The summed E-state index contributed by atoms with van der Waals surface area (Å²) in [6, 6.07) is 10.7. The summed E-state index contributed by atoms with van der Waals surface area (Å²) >= 11 is 5.82. The van der Waals surface area contributed by atoms with Gasteiger partial charge in [-0.15, -0.1) is 0 Å². The summed E-state index contributed by atoms with van der Waals surface area (Å²) in [6.07, 6.45) is 0.112. The van der Waals surface area contributed by atoms with E-state index in [9.17, 15) is 18.4 Å². The van der Waals surface area contributed by atoms with Gasteiger partial charge in [-0.2, -0.15) is 0 Å². The predicted molar refractivity (Wildman–Crippen MR) is 107 cm³/mol. The van der Waals surface area contributed by atoms with Crippen molar-refractivity contribution in [3.63, 3.8) is 0 Å². The van der Waals surface area contributed by atoms with Crippen LogP contribution in [0.2, 0.25) is 5.02 Å². The smallest absolute Gasteiger partial charge is 0.228 e. The number of nitrogens with zero attached hydrogens (tertiary/aromatic N) is 3. The van der Waals surface area contributed by atoms with E-state index >= 15 is 0 Å². The second-order valence-corrected chi connectivity index (χ2v) is 7.67. The SMILES string of the molecule is O=C([C@H]1CC(=O)N(c2ccc(F)c(Cl)c2)C1)N1CCN(c2ccccc2F)CC1. The van der Waals surface area contributed by atoms with Crippen molar-refractivity contribution in [2.75, 3.05) is 42.5 Å². The molecule has 2 heterocycles. The van der Waals surface area contributed by atoms with Crippen LogP contribution in [-0.2, 0) is 9.59 Å². The van der Waals surface area contributed by atoms with Crippen LogP contribution in [0, 0.1) is 17.6 Å². The molecule has 4 rings (SSSR count). The zero-order valence-electron chi connectivity index (χ0n) is 15.7. The Morgan fingerprint density at radius 2 is 1.72 bits per heavy atom. The zero-order chi connectivity index (χ0) is 20.5. The van der Waals surface area contributed by atoms with Crippen molar-refractivity contribution in [2.24, 2.45) is 5.92 Å². The minimum atomic E-state index is -0.553. The Hall–Kier alpha value is -2.67. The van der Waals surface area contributed by atoms with E-state index in [1.54, 1.807) is 23.1 Å². The summed E-state index contributed by atoms with van der Waals surface area (Å²) in [4.78, 5) is 30.5. The van der Waals surface area contributed by atoms with Gasteiger partial charge >= 0.3 is 0 Å². The summed E-state index contributed by atoms with van der Waals surface area (Å²) in [5, 5.41) is -0.0608. The van der Waals surface area contributed by atoms with Crippen LogP contribution >= 0.6 is 11.6 Å². The van der Waals surface area contributed by atoms with E-state index in [1.165, 1.54) is 29.2 Å². The molecule has 0 aliphatic carbocycles. The van der Waals surface area contributed by atoms with E-state index in [2.05, 4.69) is 0 Å². The van der Waals surface area contributed by atoms with Crippen LogP contribution in [0.3, 0.4) is 0 Å². The molecule has 2 amide bonds. The molecule has 0 radical (unpaired) electrons. The van der Waals surface area contributed by atoms with Crippen molar-refractivity contribution >= 4 is 34.8 Å². The van der Waals surface area contributed by atoms with Gasteiger partial charge in [0.05, 0.1) is 16.6 Å². The van der Waals surface area contributed by atoms with Gasteiger partial charge in [-0.05, 0) is 30.3 Å². The van der Waals surface area contributed by atoms with Crippen molar-refractivity contribution in [2.45, 2.75) is 6.42 Å². The summed E-state index contributed by atoms with van der Waals surface area (Å²) in [5.41, 5.74) is 1.02. The number of halogens is 3. The zero-order valence-corrected chi connectivity index (χ0v) is 16.4. The standard InChI is InChI=1S/C21H20ClF2N3O2/c22-16-12-15(5-6-17(16)23)27-13-14(11-20(27)28)21(29)26-9-7-25(8-10-26)19-4-2-1-3-18(19)24/h1-6,12,14H,7-11,13H2/t14-/m0/s1. The lowest BCUT2D eigenvalue weighted by atomic mass is 10.1. The highest BCUT2D eigenvalue weighted by Crippen LogP contribution is 2.30. The number of benzene rings is 2. The summed E-state index contributed by atoms with van der Waals surface area (Å²) in [6.45, 7) is 2.25. The average molecular weight is 420 g/mol. The predicted octanol–water partition coefficient (Wildman–Crippen LogP) is 3.32. The molecule has 1 atom stereocenters. The molecule has 29 heavy (non-hydrogen) atoms. The number of carbonyl (C=O) groups excluding carboxylic acids is 2. The van der Waals surface area contributed by atoms with Crippen LogP contribution in [0.1, 0.15) is 6.42 Å². The number of rotatable bonds is 3. The Balaban J connectivity index is 1.39. The van der Waals surface area contributed by atoms with Gasteiger partial charge in [0, 0.05) is 44.8 Å². The van der Waals surface area contributed by atoms with Crippen molar-refractivity contribution < 1.29 is 18.4 Å². The second-order valence-electron chi connectivity index (χ2n) is 7.27. The Morgan fingerprint density at radius 1 is 1.00 bits per heavy atom. The third-order valence-electron chi connectivity index (χ3n) is 5.47. The minimum Gasteiger partial charge on any atom is -0.366 e. The maximum absolute atomic E-state index is 14.0. The van der Waals surface area contributed by atoms with E-state index in [0.29, 0.717) is 37.6 Å². The largest absolute Gasteiger partial charge is 0.366 e. The fraction of sp³-hybridized carbons (Fsp3) is 0.333. The lowest BCUT2D eigenvalue weighted by Gasteiger charge is -2.37. The average Bonchev–Trinajstić information content (AvgIpc) is 3.12. The van der Waals surface area contributed by atoms with Gasteiger partial charge in [-0.3, -0.25) is 9.59 Å². The lowest BCUT2D eigenvalue weighted by molar-refractivity contribution is -0.136. The molecule has 0 spiro atoms. The van der Waals surface area contributed by atoms with E-state index in [1.807, 2.05) is 4.90 Å². The molecule has 2 aliphatic heterocycles. The van der Waals surface area contributed by atoms with E-state index in [-0.39, 0.29) is 35.6 Å². The van der Waals surface area contributed by atoms with Crippen LogP contribution in [0.25, 0.3) is 0 Å². The first-order valence-corrected chi connectivity index (χ1v) is 9.85. The Kier molecular flexibility index (Phi) is 5.41. The maximum atomic E-state index is 14.0. The molecule has 8 heteroatoms. The fourth-order valence-electron chi connectivity index (χ4n) is 3.91. The normalized spacial score (nSPS) is 19.8. The van der Waals surface area contributed by atoms with Gasteiger partial charge in [0.25, 0.3) is 0 Å². The molecule has 2 aromatic carbocycles. The number of amides is 2. The van der Waals surface area contributed by atoms with Gasteiger partial charge in [-0.1, -0.05) is 23.7 Å². The molecule has 0 aromatic heterocycles. The van der Waals surface area contributed by atoms with Crippen molar-refractivity contribution in [1.82, 2.24) is 4.90 Å². The van der Waals surface area contributed by atoms with Gasteiger partial charge < -0.3 is 14.7 Å². The summed E-state index contributed by atoms with van der Waals surface area (Å²) < 4.78 is 27.4. The topological polar surface area (TPSA) is 43.9 Å². The molecule has 5 nitrogen and oxygen atoms in total. The van der Waals surface area contributed by atoms with Crippen molar-refractivity contribution in [3.8, 4) is 0 Å². The molecule has 2 aromatic rings. The van der Waals surface area contributed by atoms with E-state index < -0.39 is 11.7 Å². The summed E-state index contributed by atoms with van der Waals surface area (Å²) in [5.74, 6) is -1.55. The van der Waals surface area contributed by atoms with Gasteiger partial charge in [0.15, 0.2) is 0 Å². The molecule has 0 saturated carbocycles. The van der Waals surface area contributed by atoms with Crippen LogP contribution < -0.4 is 9.80 Å². The van der Waals surface area contributed by atoms with Gasteiger partial charge in [-0.25, -0.2) is 8.78 Å². The highest BCUT2D eigenvalue weighted by molar-refractivity contribution is 6.31. The van der Waals surface area contributed by atoms with Crippen molar-refractivity contribution in [1.29, 1.82) is 0 Å². The Morgan fingerprint density at radius 3 is 2.41 bits per heavy atom. The monoisotopic (exact) mass is 419 g/mol. The van der Waals surface area contributed by atoms with Crippen LogP contribution in [0.5, 0.6) is 0 Å². The highest BCUT2D eigenvalue weighted by atomic mass is 35.5. The Bertz CT molecular complexity index is 947. The molecule has 0 bridgehead atoms. The first-order valence-electron chi connectivity index (χ1n) is 9.47. The molecule has 2 aliphatic rings. The molecular formula is C21H20ClF2N3O2. The number of carbonyl (C=O) groups is 2. The van der Waals surface area contributed by atoms with Crippen LogP contribution in [-0.4, -0.2) is 49.4 Å². The first kappa shape index (κ1) is 19.6. The number of para-hydroxylation sites is 1. The molecule has 152 valence electrons. The minimum absolute atomic E-state index is 0.0608. The summed E-state index contributed by atoms with van der Waals surface area (Å²) in [7, 11) is 0. The second kappa shape index (κ2) is 7.99. The van der Waals surface area contributed by atoms with Gasteiger partial charge in [0.1, 0.15) is 11.6 Å². The highest BCUT2D eigenvalue weighted by Gasteiger charge is 2.38. The maximum Gasteiger partial charge on any atom is 0.228 e. The van der Waals surface area contributed by atoms with Gasteiger partial charge in [0.2, 0.25) is 11.8 Å². The Labute approximate surface area is 172 Å². The van der Waals surface area contributed by atoms with E-state index in [4.69, 9.17) is 11.6 Å². The molecule has 2 saturated heterocycles. The first-order chi connectivity index (χ1) is 13.9. The molecule has 2 fully saturated rings. The van der Waals surface area contributed by atoms with E-state index in [0.717, 1.165) is 0 Å². The number of anilines is 2. The van der Waals surface area contributed by atoms with Crippen LogP contribution in [0.15, 0.2) is 42.5 Å². The lowest BCUT2D eigenvalue weighted by Crippen LogP contribution is -2.51. The third-order valence-corrected chi connectivity index (χ3v) is 5.76. The number of piperazine rings is 1. The quantitative estimate of drug-likeness (QED) is 0.766. The fourth-order valence-corrected chi connectivity index (χ4v) is 4.08. The third kappa shape index (κ3) is 3.92. The van der Waals surface area contributed by atoms with Crippen LogP contribution in [0.4, 0.5) is 20.2 Å². The number of hydrogen-bond donors (Lipinski definition) is 0. The van der Waals surface area contributed by atoms with Crippen molar-refractivity contribution in [3.05, 3.63) is 59.1 Å². The molecule has 0 unspecified atom stereocenters.